The van der Waals surface area contributed by atoms with E-state index in [1.54, 1.807) is 6.92 Å². The van der Waals surface area contributed by atoms with E-state index in [1.807, 2.05) is 0 Å². The molecular formula is C31H44N2O. The van der Waals surface area contributed by atoms with Crippen molar-refractivity contribution in [3.05, 3.63) is 63.9 Å². The Balaban J connectivity index is 2.04. The molecule has 1 aliphatic rings. The summed E-state index contributed by atoms with van der Waals surface area (Å²) in [4.78, 5) is 17.6. The summed E-state index contributed by atoms with van der Waals surface area (Å²) in [6.45, 7) is 19.9. The third-order valence-electron chi connectivity index (χ3n) is 7.25. The minimum Gasteiger partial charge on any atom is -0.354 e. The quantitative estimate of drug-likeness (QED) is 0.403. The van der Waals surface area contributed by atoms with E-state index >= 15 is 0 Å². The van der Waals surface area contributed by atoms with Crippen molar-refractivity contribution in [3.63, 3.8) is 0 Å². The number of H-pyrrole nitrogens is 1. The van der Waals surface area contributed by atoms with Gasteiger partial charge in [0.25, 0.3) is 0 Å². The summed E-state index contributed by atoms with van der Waals surface area (Å²) in [5, 5.41) is 1.36. The zero-order valence-corrected chi connectivity index (χ0v) is 22.6. The average Bonchev–Trinajstić information content (AvgIpc) is 3.16. The van der Waals surface area contributed by atoms with Gasteiger partial charge in [-0.15, -0.1) is 0 Å². The van der Waals surface area contributed by atoms with E-state index in [1.165, 1.54) is 50.0 Å². The van der Waals surface area contributed by atoms with Crippen LogP contribution in [0.25, 0.3) is 16.5 Å². The monoisotopic (exact) mass is 460 g/mol. The van der Waals surface area contributed by atoms with Crippen molar-refractivity contribution >= 4 is 22.3 Å². The molecule has 2 aromatic rings. The van der Waals surface area contributed by atoms with Crippen molar-refractivity contribution in [2.75, 3.05) is 19.6 Å². The minimum absolute atomic E-state index is 0.265. The van der Waals surface area contributed by atoms with Crippen LogP contribution in [-0.4, -0.2) is 35.3 Å². The van der Waals surface area contributed by atoms with Gasteiger partial charge in [-0.05, 0) is 108 Å². The lowest BCUT2D eigenvalue weighted by Gasteiger charge is -2.31. The van der Waals surface area contributed by atoms with E-state index in [0.717, 1.165) is 32.4 Å². The normalized spacial score (nSPS) is 16.8. The number of hydrogen-bond donors (Lipinski definition) is 1. The van der Waals surface area contributed by atoms with E-state index in [4.69, 9.17) is 0 Å². The molecule has 0 saturated carbocycles. The first-order chi connectivity index (χ1) is 16.1. The Morgan fingerprint density at radius 3 is 2.32 bits per heavy atom. The number of carbonyl (C=O) groups excluding carboxylic acids is 1. The molecule has 34 heavy (non-hydrogen) atoms. The Labute approximate surface area is 207 Å². The number of aromatic nitrogens is 1. The van der Waals surface area contributed by atoms with Crippen LogP contribution in [0.15, 0.2) is 47.1 Å². The summed E-state index contributed by atoms with van der Waals surface area (Å²) in [5.74, 6) is 1.25. The summed E-state index contributed by atoms with van der Waals surface area (Å²) in [6, 6.07) is 7.03. The molecule has 3 nitrogen and oxygen atoms in total. The first-order valence-corrected chi connectivity index (χ1v) is 13.0. The van der Waals surface area contributed by atoms with Crippen molar-refractivity contribution in [1.29, 1.82) is 0 Å². The molecule has 0 radical (unpaired) electrons. The molecule has 184 valence electrons. The molecule has 2 heterocycles. The fourth-order valence-corrected chi connectivity index (χ4v) is 5.18. The first kappa shape index (κ1) is 26.2. The van der Waals surface area contributed by atoms with E-state index in [2.05, 4.69) is 88.7 Å². The number of hydrogen-bond acceptors (Lipinski definition) is 2. The zero-order chi connectivity index (χ0) is 25.0. The molecule has 1 N–H and O–H groups in total. The van der Waals surface area contributed by atoms with Crippen LogP contribution in [0, 0.1) is 0 Å². The van der Waals surface area contributed by atoms with Crippen molar-refractivity contribution in [1.82, 2.24) is 9.88 Å². The van der Waals surface area contributed by atoms with Gasteiger partial charge in [-0.2, -0.15) is 0 Å². The highest BCUT2D eigenvalue weighted by molar-refractivity contribution is 5.92. The highest BCUT2D eigenvalue weighted by atomic mass is 16.1. The zero-order valence-electron chi connectivity index (χ0n) is 22.6. The number of allylic oxidation sites excluding steroid dienone is 6. The summed E-state index contributed by atoms with van der Waals surface area (Å²) >= 11 is 0. The standard InChI is InChI=1S/C31H44N2O/c1-9-22(6)23(7)17-27(16-20(2)3)31-30(21(4)5)28-18-26(10-11-29(28)32-31)25-12-14-33(15-13-25)19-24(8)34/h10-11,16-18,21,25,32H,9,12-15,19H2,1-8H3/b23-22+,27-17+. The Bertz CT molecular complexity index is 1110. The van der Waals surface area contributed by atoms with Crippen LogP contribution in [0.5, 0.6) is 0 Å². The predicted octanol–water partition coefficient (Wildman–Crippen LogP) is 8.16. The van der Waals surface area contributed by atoms with Crippen LogP contribution in [0.4, 0.5) is 0 Å². The van der Waals surface area contributed by atoms with Crippen LogP contribution in [-0.2, 0) is 4.79 Å². The van der Waals surface area contributed by atoms with Crippen LogP contribution < -0.4 is 0 Å². The van der Waals surface area contributed by atoms with Crippen molar-refractivity contribution < 1.29 is 4.79 Å². The maximum absolute atomic E-state index is 11.5. The third kappa shape index (κ3) is 6.18. The predicted molar refractivity (Wildman–Crippen MR) is 148 cm³/mol. The number of Topliss-reactive ketones (excluding diaryl/α,β-unsaturated/α-hetero) is 1. The van der Waals surface area contributed by atoms with E-state index < -0.39 is 0 Å². The SMILES string of the molecule is CC/C(C)=C(C)/C=C(\C=C(C)C)c1[nH]c2ccc(C3CCN(CC(C)=O)CC3)cc2c1C(C)C. The number of nitrogens with one attached hydrogen (secondary N) is 1. The molecule has 3 rings (SSSR count). The second-order valence-electron chi connectivity index (χ2n) is 10.8. The molecule has 1 saturated heterocycles. The number of benzene rings is 1. The lowest BCUT2D eigenvalue weighted by atomic mass is 9.87. The van der Waals surface area contributed by atoms with Gasteiger partial charge in [0, 0.05) is 16.6 Å². The highest BCUT2D eigenvalue weighted by Crippen LogP contribution is 2.37. The van der Waals surface area contributed by atoms with Crippen molar-refractivity contribution in [3.8, 4) is 0 Å². The molecular weight excluding hydrogens is 416 g/mol. The highest BCUT2D eigenvalue weighted by Gasteiger charge is 2.23. The van der Waals surface area contributed by atoms with Crippen LogP contribution in [0.1, 0.15) is 103 Å². The molecule has 1 aromatic carbocycles. The van der Waals surface area contributed by atoms with E-state index in [9.17, 15) is 4.79 Å². The number of aromatic amines is 1. The van der Waals surface area contributed by atoms with Gasteiger partial charge in [0.15, 0.2) is 0 Å². The molecule has 1 aromatic heterocycles. The van der Waals surface area contributed by atoms with E-state index in [-0.39, 0.29) is 5.78 Å². The van der Waals surface area contributed by atoms with Crippen LogP contribution in [0.2, 0.25) is 0 Å². The minimum atomic E-state index is 0.265. The second kappa shape index (κ2) is 11.4. The number of piperidine rings is 1. The van der Waals surface area contributed by atoms with Gasteiger partial charge in [0.2, 0.25) is 0 Å². The first-order valence-electron chi connectivity index (χ1n) is 13.0. The number of rotatable bonds is 8. The Morgan fingerprint density at radius 2 is 1.76 bits per heavy atom. The van der Waals surface area contributed by atoms with Gasteiger partial charge in [-0.25, -0.2) is 0 Å². The molecule has 0 bridgehead atoms. The summed E-state index contributed by atoms with van der Waals surface area (Å²) in [7, 11) is 0. The summed E-state index contributed by atoms with van der Waals surface area (Å²) in [5.41, 5.74) is 10.7. The molecule has 3 heteroatoms. The van der Waals surface area contributed by atoms with Crippen LogP contribution in [0.3, 0.4) is 0 Å². The Hall–Kier alpha value is -2.39. The summed E-state index contributed by atoms with van der Waals surface area (Å²) in [6.07, 6.45) is 7.98. The van der Waals surface area contributed by atoms with Gasteiger partial charge < -0.3 is 4.98 Å². The smallest absolute Gasteiger partial charge is 0.143 e. The van der Waals surface area contributed by atoms with Gasteiger partial charge in [-0.1, -0.05) is 55.7 Å². The lowest BCUT2D eigenvalue weighted by Crippen LogP contribution is -2.36. The maximum atomic E-state index is 11.5. The van der Waals surface area contributed by atoms with Gasteiger partial charge in [0.05, 0.1) is 6.54 Å². The van der Waals surface area contributed by atoms with Crippen molar-refractivity contribution in [2.45, 2.75) is 86.5 Å². The molecule has 1 fully saturated rings. The molecule has 0 unspecified atom stereocenters. The number of likely N-dealkylation sites (tertiary alicyclic amines) is 1. The Morgan fingerprint density at radius 1 is 1.09 bits per heavy atom. The fraction of sp³-hybridized carbons (Fsp3) is 0.516. The fourth-order valence-electron chi connectivity index (χ4n) is 5.18. The summed E-state index contributed by atoms with van der Waals surface area (Å²) < 4.78 is 0. The van der Waals surface area contributed by atoms with Gasteiger partial charge in [0.1, 0.15) is 5.78 Å². The number of ketones is 1. The molecule has 0 amide bonds. The largest absolute Gasteiger partial charge is 0.354 e. The molecule has 0 aliphatic carbocycles. The van der Waals surface area contributed by atoms with Gasteiger partial charge >= 0.3 is 0 Å². The average molecular weight is 461 g/mol. The lowest BCUT2D eigenvalue weighted by molar-refractivity contribution is -0.118. The van der Waals surface area contributed by atoms with Gasteiger partial charge in [-0.3, -0.25) is 9.69 Å². The van der Waals surface area contributed by atoms with Crippen molar-refractivity contribution in [2.24, 2.45) is 0 Å². The van der Waals surface area contributed by atoms with Crippen LogP contribution >= 0.6 is 0 Å². The molecule has 0 spiro atoms. The molecule has 1 aliphatic heterocycles. The second-order valence-corrected chi connectivity index (χ2v) is 10.8. The topological polar surface area (TPSA) is 36.1 Å². The maximum Gasteiger partial charge on any atom is 0.143 e. The van der Waals surface area contributed by atoms with E-state index in [0.29, 0.717) is 18.4 Å². The Kier molecular flexibility index (Phi) is 8.76. The number of nitrogens with zero attached hydrogens (tertiary/aromatic N) is 1. The number of fused-ring (bicyclic) bond motifs is 1. The number of carbonyl (C=O) groups is 1. The molecule has 0 atom stereocenters. The third-order valence-corrected chi connectivity index (χ3v) is 7.25.